The minimum atomic E-state index is -0.850. The van der Waals surface area contributed by atoms with Crippen LogP contribution in [-0.4, -0.2) is 33.6 Å². The number of hydrogen-bond donors (Lipinski definition) is 2. The van der Waals surface area contributed by atoms with Crippen molar-refractivity contribution in [1.29, 1.82) is 0 Å². The molecule has 40 heavy (non-hydrogen) atoms. The predicted octanol–water partition coefficient (Wildman–Crippen LogP) is 9.92. The lowest BCUT2D eigenvalue weighted by Crippen LogP contribution is -2.37. The monoisotopic (exact) mass is 591 g/mol. The van der Waals surface area contributed by atoms with Gasteiger partial charge in [0, 0.05) is 29.4 Å². The minimum absolute atomic E-state index is 0.345. The summed E-state index contributed by atoms with van der Waals surface area (Å²) in [4.78, 5) is 25.4. The van der Waals surface area contributed by atoms with Crippen molar-refractivity contribution in [2.75, 3.05) is 6.54 Å². The second-order valence-corrected chi connectivity index (χ2v) is 12.4. The normalized spacial score (nSPS) is 13.8. The van der Waals surface area contributed by atoms with E-state index in [4.69, 9.17) is 16.7 Å². The first-order chi connectivity index (χ1) is 19.4. The van der Waals surface area contributed by atoms with Crippen LogP contribution >= 0.6 is 22.9 Å². The Morgan fingerprint density at radius 1 is 0.850 bits per heavy atom. The molecule has 0 amide bonds. The average Bonchev–Trinajstić information content (AvgIpc) is 3.40. The highest BCUT2D eigenvalue weighted by Gasteiger charge is 2.31. The molecule has 1 aromatic carbocycles. The number of nitrogens with zero attached hydrogens (tertiary/aromatic N) is 1. The third-order valence-electron chi connectivity index (χ3n) is 7.63. The molecule has 1 aliphatic heterocycles. The fourth-order valence-electron chi connectivity index (χ4n) is 5.32. The van der Waals surface area contributed by atoms with Crippen molar-refractivity contribution in [1.82, 2.24) is 4.90 Å². The number of hydrogen-bond acceptors (Lipinski definition) is 4. The number of carboxylic acid groups (broad SMARTS) is 2. The summed E-state index contributed by atoms with van der Waals surface area (Å²) >= 11 is 7.92. The lowest BCUT2D eigenvalue weighted by Gasteiger charge is -2.32. The molecule has 5 nitrogen and oxygen atoms in total. The molecular weight excluding hydrogens is 542 g/mol. The largest absolute Gasteiger partial charge is 0.481 e. The third kappa shape index (κ3) is 13.6. The summed E-state index contributed by atoms with van der Waals surface area (Å²) < 4.78 is 0. The smallest absolute Gasteiger partial charge is 0.325 e. The maximum atomic E-state index is 11.7. The summed E-state index contributed by atoms with van der Waals surface area (Å²) in [5.74, 6) is -1.50. The first kappa shape index (κ1) is 34.3. The van der Waals surface area contributed by atoms with E-state index in [0.717, 1.165) is 25.8 Å². The van der Waals surface area contributed by atoms with E-state index in [1.807, 2.05) is 17.0 Å². The van der Waals surface area contributed by atoms with Gasteiger partial charge >= 0.3 is 11.9 Å². The van der Waals surface area contributed by atoms with Crippen molar-refractivity contribution >= 4 is 34.9 Å². The second kappa shape index (κ2) is 20.9. The average molecular weight is 592 g/mol. The third-order valence-corrected chi connectivity index (χ3v) is 9.00. The van der Waals surface area contributed by atoms with Gasteiger partial charge in [-0.3, -0.25) is 14.5 Å². The predicted molar refractivity (Wildman–Crippen MR) is 167 cm³/mol. The topological polar surface area (TPSA) is 77.8 Å². The number of thiophene rings is 1. The molecule has 0 saturated carbocycles. The van der Waals surface area contributed by atoms with Gasteiger partial charge in [-0.1, -0.05) is 127 Å². The van der Waals surface area contributed by atoms with Gasteiger partial charge < -0.3 is 10.2 Å². The Hall–Kier alpha value is -1.89. The molecule has 0 unspecified atom stereocenters. The Morgan fingerprint density at radius 3 is 1.93 bits per heavy atom. The Labute approximate surface area is 250 Å². The van der Waals surface area contributed by atoms with E-state index < -0.39 is 18.0 Å². The van der Waals surface area contributed by atoms with Crippen molar-refractivity contribution in [2.24, 2.45) is 0 Å². The van der Waals surface area contributed by atoms with Crippen molar-refractivity contribution < 1.29 is 19.8 Å². The molecule has 0 aliphatic carbocycles. The van der Waals surface area contributed by atoms with Crippen molar-refractivity contribution in [3.05, 3.63) is 56.7 Å². The lowest BCUT2D eigenvalue weighted by molar-refractivity contribution is -0.144. The number of halogens is 1. The number of carboxylic acids is 2. The van der Waals surface area contributed by atoms with Crippen LogP contribution in [0.15, 0.2) is 35.7 Å². The molecule has 224 valence electrons. The van der Waals surface area contributed by atoms with Crippen molar-refractivity contribution in [3.63, 3.8) is 0 Å². The van der Waals surface area contributed by atoms with Gasteiger partial charge in [0.2, 0.25) is 0 Å². The van der Waals surface area contributed by atoms with E-state index in [-0.39, 0.29) is 0 Å². The summed E-state index contributed by atoms with van der Waals surface area (Å²) in [6.07, 6.45) is 21.1. The molecule has 2 aromatic rings. The molecule has 2 N–H and O–H groups in total. The molecule has 3 rings (SSSR count). The standard InChI is InChI=1S/C18H36O2.C15H14ClNO2S/c1-2-3-4-5-6-7-8-9-10-11-12-13-14-15-16-17-18(19)20;16-12-4-2-1-3-11(12)14(15(18)19)17-7-5-13-10(9-17)6-8-20-13/h2-17H2,1H3,(H,19,20);1-4,6,8,14H,5,7,9H2,(H,18,19)/t;14-/m.0/s1. The minimum Gasteiger partial charge on any atom is -0.481 e. The molecule has 0 fully saturated rings. The van der Waals surface area contributed by atoms with E-state index >= 15 is 0 Å². The number of aliphatic carboxylic acids is 2. The van der Waals surface area contributed by atoms with Crippen LogP contribution in [0.25, 0.3) is 0 Å². The summed E-state index contributed by atoms with van der Waals surface area (Å²) in [7, 11) is 0. The van der Waals surface area contributed by atoms with E-state index in [1.54, 1.807) is 23.5 Å². The highest BCUT2D eigenvalue weighted by Crippen LogP contribution is 2.33. The van der Waals surface area contributed by atoms with Gasteiger partial charge in [-0.2, -0.15) is 0 Å². The van der Waals surface area contributed by atoms with E-state index in [9.17, 15) is 14.7 Å². The number of fused-ring (bicyclic) bond motifs is 1. The zero-order valence-corrected chi connectivity index (χ0v) is 26.0. The van der Waals surface area contributed by atoms with Crippen LogP contribution in [0.2, 0.25) is 5.02 Å². The van der Waals surface area contributed by atoms with Crippen molar-refractivity contribution in [3.8, 4) is 0 Å². The van der Waals surface area contributed by atoms with Gasteiger partial charge in [-0.05, 0) is 41.5 Å². The first-order valence-electron chi connectivity index (χ1n) is 15.4. The number of benzene rings is 1. The molecule has 0 saturated heterocycles. The summed E-state index contributed by atoms with van der Waals surface area (Å²) in [6, 6.07) is 8.58. The SMILES string of the molecule is CCCCCCCCCCCCCCCCCC(=O)O.O=C(O)[C@H](c1ccccc1Cl)N1CCc2sccc2C1. The summed E-state index contributed by atoms with van der Waals surface area (Å²) in [5.41, 5.74) is 1.90. The van der Waals surface area contributed by atoms with Gasteiger partial charge in [-0.25, -0.2) is 0 Å². The zero-order valence-electron chi connectivity index (χ0n) is 24.4. The van der Waals surface area contributed by atoms with E-state index in [0.29, 0.717) is 23.6 Å². The van der Waals surface area contributed by atoms with Crippen LogP contribution in [0.5, 0.6) is 0 Å². The van der Waals surface area contributed by atoms with Gasteiger partial charge in [0.1, 0.15) is 6.04 Å². The number of unbranched alkanes of at least 4 members (excludes halogenated alkanes) is 14. The Balaban J connectivity index is 0.000000280. The van der Waals surface area contributed by atoms with Gasteiger partial charge in [0.05, 0.1) is 0 Å². The van der Waals surface area contributed by atoms with Crippen LogP contribution in [-0.2, 0) is 22.6 Å². The molecule has 1 aliphatic rings. The number of rotatable bonds is 19. The van der Waals surface area contributed by atoms with Crippen LogP contribution in [0.1, 0.15) is 132 Å². The Bertz CT molecular complexity index is 979. The molecule has 1 aromatic heterocycles. The fourth-order valence-corrected chi connectivity index (χ4v) is 6.45. The molecule has 0 spiro atoms. The molecule has 2 heterocycles. The van der Waals surface area contributed by atoms with Crippen LogP contribution in [0.3, 0.4) is 0 Å². The van der Waals surface area contributed by atoms with Gasteiger partial charge in [-0.15, -0.1) is 11.3 Å². The first-order valence-corrected chi connectivity index (χ1v) is 16.7. The van der Waals surface area contributed by atoms with Crippen LogP contribution in [0, 0.1) is 0 Å². The Morgan fingerprint density at radius 2 is 1.40 bits per heavy atom. The van der Waals surface area contributed by atoms with Crippen molar-refractivity contribution in [2.45, 2.75) is 129 Å². The van der Waals surface area contributed by atoms with Crippen LogP contribution < -0.4 is 0 Å². The maximum Gasteiger partial charge on any atom is 0.325 e. The molecular formula is C33H50ClNO4S. The summed E-state index contributed by atoms with van der Waals surface area (Å²) in [6.45, 7) is 3.68. The van der Waals surface area contributed by atoms with E-state index in [2.05, 4.69) is 18.4 Å². The fraction of sp³-hybridized carbons (Fsp3) is 0.636. The number of carbonyl (C=O) groups is 2. The van der Waals surface area contributed by atoms with Crippen LogP contribution in [0.4, 0.5) is 0 Å². The van der Waals surface area contributed by atoms with E-state index in [1.165, 1.54) is 93.9 Å². The molecule has 7 heteroatoms. The molecule has 0 bridgehead atoms. The second-order valence-electron chi connectivity index (χ2n) is 10.9. The highest BCUT2D eigenvalue weighted by atomic mass is 35.5. The Kier molecular flexibility index (Phi) is 17.9. The zero-order chi connectivity index (χ0) is 29.0. The molecule has 0 radical (unpaired) electrons. The lowest BCUT2D eigenvalue weighted by atomic mass is 10.0. The maximum absolute atomic E-state index is 11.7. The highest BCUT2D eigenvalue weighted by molar-refractivity contribution is 7.10. The van der Waals surface area contributed by atoms with Gasteiger partial charge in [0.25, 0.3) is 0 Å². The van der Waals surface area contributed by atoms with Gasteiger partial charge in [0.15, 0.2) is 0 Å². The molecule has 1 atom stereocenters. The quantitative estimate of drug-likeness (QED) is 0.159. The summed E-state index contributed by atoms with van der Waals surface area (Å²) in [5, 5.41) is 20.7.